The Morgan fingerprint density at radius 3 is 2.83 bits per heavy atom. The topological polar surface area (TPSA) is 113 Å². The summed E-state index contributed by atoms with van der Waals surface area (Å²) in [4.78, 5) is 4.42. The van der Waals surface area contributed by atoms with E-state index in [0.29, 0.717) is 39.3 Å². The lowest BCUT2D eigenvalue weighted by Gasteiger charge is -2.10. The third kappa shape index (κ3) is 2.89. The van der Waals surface area contributed by atoms with E-state index >= 15 is 0 Å². The van der Waals surface area contributed by atoms with Crippen LogP contribution < -0.4 is 11.1 Å². The van der Waals surface area contributed by atoms with Gasteiger partial charge in [0.15, 0.2) is 5.82 Å². The van der Waals surface area contributed by atoms with Crippen molar-refractivity contribution in [3.8, 4) is 17.1 Å². The molecule has 0 saturated heterocycles. The minimum Gasteiger partial charge on any atom is -0.508 e. The van der Waals surface area contributed by atoms with Crippen molar-refractivity contribution in [1.82, 2.24) is 14.8 Å². The Morgan fingerprint density at radius 1 is 1.33 bits per heavy atom. The van der Waals surface area contributed by atoms with E-state index in [9.17, 15) is 5.11 Å². The van der Waals surface area contributed by atoms with Crippen LogP contribution in [0.15, 0.2) is 36.4 Å². The standard InChI is InChI=1S/C16H15ClN6O/c1-23-16(20-13-6-5-12(19)11(8-18)14(13)17)21-15(22-23)9-3-2-4-10(24)7-9/h2-8,18,24H,19H2,1H3,(H,20,21,22). The summed E-state index contributed by atoms with van der Waals surface area (Å²) in [6.07, 6.45) is 1.11. The predicted molar refractivity (Wildman–Crippen MR) is 95.1 cm³/mol. The fourth-order valence-corrected chi connectivity index (χ4v) is 2.51. The normalized spacial score (nSPS) is 10.6. The summed E-state index contributed by atoms with van der Waals surface area (Å²) in [6.45, 7) is 0. The van der Waals surface area contributed by atoms with Gasteiger partial charge in [-0.25, -0.2) is 4.68 Å². The molecule has 24 heavy (non-hydrogen) atoms. The molecule has 0 saturated carbocycles. The van der Waals surface area contributed by atoms with Gasteiger partial charge in [-0.3, -0.25) is 0 Å². The van der Waals surface area contributed by atoms with Crippen LogP contribution in [0.4, 0.5) is 17.3 Å². The van der Waals surface area contributed by atoms with Crippen molar-refractivity contribution in [2.24, 2.45) is 7.05 Å². The van der Waals surface area contributed by atoms with Crippen LogP contribution in [0.2, 0.25) is 5.02 Å². The number of benzene rings is 2. The molecule has 0 bridgehead atoms. The van der Waals surface area contributed by atoms with Gasteiger partial charge in [0.1, 0.15) is 5.75 Å². The van der Waals surface area contributed by atoms with Crippen molar-refractivity contribution in [2.45, 2.75) is 0 Å². The number of nitrogen functional groups attached to an aromatic ring is 1. The molecule has 1 heterocycles. The summed E-state index contributed by atoms with van der Waals surface area (Å²) in [7, 11) is 1.74. The molecule has 7 nitrogen and oxygen atoms in total. The van der Waals surface area contributed by atoms with Gasteiger partial charge in [-0.15, -0.1) is 5.10 Å². The first-order chi connectivity index (χ1) is 11.5. The zero-order valence-corrected chi connectivity index (χ0v) is 13.5. The number of nitrogens with two attached hydrogens (primary N) is 1. The van der Waals surface area contributed by atoms with E-state index in [1.807, 2.05) is 6.07 Å². The number of aromatic hydroxyl groups is 1. The smallest absolute Gasteiger partial charge is 0.225 e. The Labute approximate surface area is 143 Å². The lowest BCUT2D eigenvalue weighted by Crippen LogP contribution is -2.03. The molecule has 3 aromatic rings. The highest BCUT2D eigenvalue weighted by atomic mass is 35.5. The van der Waals surface area contributed by atoms with Crippen LogP contribution in [0.1, 0.15) is 5.56 Å². The maximum Gasteiger partial charge on any atom is 0.225 e. The Morgan fingerprint density at radius 2 is 2.12 bits per heavy atom. The quantitative estimate of drug-likeness (QED) is 0.429. The largest absolute Gasteiger partial charge is 0.508 e. The summed E-state index contributed by atoms with van der Waals surface area (Å²) in [5.41, 5.74) is 7.94. The monoisotopic (exact) mass is 342 g/mol. The summed E-state index contributed by atoms with van der Waals surface area (Å²) >= 11 is 6.28. The number of aromatic nitrogens is 3. The number of rotatable bonds is 4. The first kappa shape index (κ1) is 15.8. The Hall–Kier alpha value is -3.06. The van der Waals surface area contributed by atoms with Crippen molar-refractivity contribution >= 4 is 35.1 Å². The molecular weight excluding hydrogens is 328 g/mol. The zero-order valence-electron chi connectivity index (χ0n) is 12.8. The highest BCUT2D eigenvalue weighted by molar-refractivity contribution is 6.36. The zero-order chi connectivity index (χ0) is 17.3. The SMILES string of the molecule is Cn1nc(-c2cccc(O)c2)nc1Nc1ccc(N)c(C=N)c1Cl. The second-order valence-electron chi connectivity index (χ2n) is 5.13. The van der Waals surface area contributed by atoms with E-state index in [1.165, 1.54) is 0 Å². The van der Waals surface area contributed by atoms with E-state index in [2.05, 4.69) is 15.4 Å². The van der Waals surface area contributed by atoms with Gasteiger partial charge in [0.2, 0.25) is 5.95 Å². The number of halogens is 1. The van der Waals surface area contributed by atoms with E-state index in [-0.39, 0.29) is 5.75 Å². The fourth-order valence-electron chi connectivity index (χ4n) is 2.23. The first-order valence-corrected chi connectivity index (χ1v) is 7.43. The maximum atomic E-state index is 9.58. The number of nitrogens with zero attached hydrogens (tertiary/aromatic N) is 3. The minimum absolute atomic E-state index is 0.145. The van der Waals surface area contributed by atoms with Crippen LogP contribution in [0.3, 0.4) is 0 Å². The molecule has 1 aromatic heterocycles. The summed E-state index contributed by atoms with van der Waals surface area (Å²) < 4.78 is 1.57. The molecule has 8 heteroatoms. The number of anilines is 3. The lowest BCUT2D eigenvalue weighted by atomic mass is 10.1. The molecule has 0 aliphatic carbocycles. The highest BCUT2D eigenvalue weighted by Gasteiger charge is 2.13. The highest BCUT2D eigenvalue weighted by Crippen LogP contribution is 2.31. The number of phenols is 1. The first-order valence-electron chi connectivity index (χ1n) is 7.05. The molecule has 0 atom stereocenters. The Balaban J connectivity index is 1.96. The number of hydrogen-bond donors (Lipinski definition) is 4. The van der Waals surface area contributed by atoms with Crippen LogP contribution in [0.5, 0.6) is 5.75 Å². The van der Waals surface area contributed by atoms with Crippen molar-refractivity contribution < 1.29 is 5.11 Å². The predicted octanol–water partition coefficient (Wildman–Crippen LogP) is 3.16. The van der Waals surface area contributed by atoms with Gasteiger partial charge < -0.3 is 21.6 Å². The van der Waals surface area contributed by atoms with Crippen LogP contribution in [0.25, 0.3) is 11.4 Å². The molecule has 3 rings (SSSR count). The van der Waals surface area contributed by atoms with Crippen molar-refractivity contribution in [3.05, 3.63) is 47.0 Å². The van der Waals surface area contributed by atoms with Gasteiger partial charge in [-0.05, 0) is 24.3 Å². The number of nitrogens with one attached hydrogen (secondary N) is 2. The van der Waals surface area contributed by atoms with Crippen molar-refractivity contribution in [3.63, 3.8) is 0 Å². The van der Waals surface area contributed by atoms with Crippen LogP contribution in [0, 0.1) is 5.41 Å². The summed E-state index contributed by atoms with van der Waals surface area (Å²) in [6, 6.07) is 10.1. The van der Waals surface area contributed by atoms with E-state index < -0.39 is 0 Å². The summed E-state index contributed by atoms with van der Waals surface area (Å²) in [5, 5.41) is 24.7. The van der Waals surface area contributed by atoms with Gasteiger partial charge >= 0.3 is 0 Å². The lowest BCUT2D eigenvalue weighted by molar-refractivity contribution is 0.475. The molecule has 0 unspecified atom stereocenters. The molecule has 0 aliphatic heterocycles. The van der Waals surface area contributed by atoms with Crippen LogP contribution in [-0.2, 0) is 7.05 Å². The molecule has 2 aromatic carbocycles. The average Bonchev–Trinajstić information content (AvgIpc) is 2.92. The average molecular weight is 343 g/mol. The molecule has 122 valence electrons. The Bertz CT molecular complexity index is 921. The molecule has 0 amide bonds. The van der Waals surface area contributed by atoms with Gasteiger partial charge in [0.25, 0.3) is 0 Å². The number of hydrogen-bond acceptors (Lipinski definition) is 6. The number of aryl methyl sites for hydroxylation is 1. The third-order valence-corrected chi connectivity index (χ3v) is 3.88. The van der Waals surface area contributed by atoms with E-state index in [0.717, 1.165) is 6.21 Å². The minimum atomic E-state index is 0.145. The molecular formula is C16H15ClN6O. The van der Waals surface area contributed by atoms with Crippen molar-refractivity contribution in [2.75, 3.05) is 11.1 Å². The maximum absolute atomic E-state index is 9.58. The molecule has 0 aliphatic rings. The van der Waals surface area contributed by atoms with E-state index in [4.69, 9.17) is 22.7 Å². The van der Waals surface area contributed by atoms with Crippen LogP contribution in [-0.4, -0.2) is 26.1 Å². The van der Waals surface area contributed by atoms with Gasteiger partial charge in [0, 0.05) is 30.1 Å². The Kier molecular flexibility index (Phi) is 4.09. The van der Waals surface area contributed by atoms with Gasteiger partial charge in [0.05, 0.1) is 10.7 Å². The third-order valence-electron chi connectivity index (χ3n) is 3.47. The number of phenolic OH excluding ortho intramolecular Hbond substituents is 1. The van der Waals surface area contributed by atoms with Gasteiger partial charge in [-0.1, -0.05) is 23.7 Å². The second kappa shape index (κ2) is 6.21. The fraction of sp³-hybridized carbons (Fsp3) is 0.0625. The van der Waals surface area contributed by atoms with Gasteiger partial charge in [-0.2, -0.15) is 4.98 Å². The molecule has 0 radical (unpaired) electrons. The van der Waals surface area contributed by atoms with E-state index in [1.54, 1.807) is 42.1 Å². The molecule has 5 N–H and O–H groups in total. The second-order valence-corrected chi connectivity index (χ2v) is 5.51. The summed E-state index contributed by atoms with van der Waals surface area (Å²) in [5.74, 6) is 1.08. The van der Waals surface area contributed by atoms with Crippen LogP contribution >= 0.6 is 11.6 Å². The van der Waals surface area contributed by atoms with Crippen molar-refractivity contribution in [1.29, 1.82) is 5.41 Å². The molecule has 0 fully saturated rings. The molecule has 0 spiro atoms.